The number of carbonyl (C=O) groups is 2. The molecule has 1 N–H and O–H groups in total. The Morgan fingerprint density at radius 2 is 1.43 bits per heavy atom. The summed E-state index contributed by atoms with van der Waals surface area (Å²) in [5.41, 5.74) is 1.81. The number of ketones is 2. The molecular weight excluding hydrogens is 310 g/mol. The van der Waals surface area contributed by atoms with Crippen molar-refractivity contribution in [1.82, 2.24) is 0 Å². The fourth-order valence-corrected chi connectivity index (χ4v) is 3.25. The molecule has 0 radical (unpaired) electrons. The van der Waals surface area contributed by atoms with Crippen molar-refractivity contribution in [3.05, 3.63) is 76.8 Å². The van der Waals surface area contributed by atoms with Gasteiger partial charge in [-0.1, -0.05) is 54.1 Å². The molecule has 0 unspecified atom stereocenters. The van der Waals surface area contributed by atoms with E-state index >= 15 is 0 Å². The highest BCUT2D eigenvalue weighted by molar-refractivity contribution is 6.33. The SMILES string of the molecule is O=C1c2cccc3cccc(c23)C(=O)C1Nc1cccc(Cl)c1. The number of carbonyl (C=O) groups excluding carboxylic acids is 2. The first-order valence-electron chi connectivity index (χ1n) is 7.27. The van der Waals surface area contributed by atoms with Crippen LogP contribution in [0.25, 0.3) is 10.8 Å². The lowest BCUT2D eigenvalue weighted by atomic mass is 9.84. The summed E-state index contributed by atoms with van der Waals surface area (Å²) in [5, 5.41) is 5.22. The zero-order valence-electron chi connectivity index (χ0n) is 12.0. The minimum atomic E-state index is -0.922. The first-order chi connectivity index (χ1) is 11.1. The number of rotatable bonds is 2. The molecule has 1 aliphatic carbocycles. The second-order valence-corrected chi connectivity index (χ2v) is 5.96. The Labute approximate surface area is 137 Å². The summed E-state index contributed by atoms with van der Waals surface area (Å²) in [6.45, 7) is 0. The Morgan fingerprint density at radius 3 is 2.04 bits per heavy atom. The van der Waals surface area contributed by atoms with Crippen LogP contribution in [0.2, 0.25) is 5.02 Å². The van der Waals surface area contributed by atoms with Crippen LogP contribution < -0.4 is 5.32 Å². The van der Waals surface area contributed by atoms with Crippen molar-refractivity contribution in [1.29, 1.82) is 0 Å². The monoisotopic (exact) mass is 321 g/mol. The normalized spacial score (nSPS) is 14.3. The molecule has 0 amide bonds. The second kappa shape index (κ2) is 5.21. The fourth-order valence-electron chi connectivity index (χ4n) is 3.06. The molecule has 3 aromatic carbocycles. The predicted octanol–water partition coefficient (Wildman–Crippen LogP) is 4.35. The largest absolute Gasteiger partial charge is 0.369 e. The number of Topliss-reactive ketones (excluding diaryl/α,β-unsaturated/α-hetero) is 2. The van der Waals surface area contributed by atoms with Crippen molar-refractivity contribution in [3.8, 4) is 0 Å². The maximum absolute atomic E-state index is 12.8. The molecule has 112 valence electrons. The van der Waals surface area contributed by atoms with Crippen LogP contribution in [0.5, 0.6) is 0 Å². The van der Waals surface area contributed by atoms with Gasteiger partial charge in [-0.3, -0.25) is 9.59 Å². The minimum Gasteiger partial charge on any atom is -0.369 e. The molecule has 1 aliphatic rings. The summed E-state index contributed by atoms with van der Waals surface area (Å²) in [5.74, 6) is -0.418. The number of halogens is 1. The molecule has 3 nitrogen and oxygen atoms in total. The van der Waals surface area contributed by atoms with Crippen LogP contribution in [0, 0.1) is 0 Å². The highest BCUT2D eigenvalue weighted by Gasteiger charge is 2.35. The average Bonchev–Trinajstić information content (AvgIpc) is 2.56. The number of benzene rings is 3. The van der Waals surface area contributed by atoms with Gasteiger partial charge in [0.15, 0.2) is 17.6 Å². The highest BCUT2D eigenvalue weighted by Crippen LogP contribution is 2.31. The molecule has 4 heteroatoms. The number of hydrogen-bond acceptors (Lipinski definition) is 3. The van der Waals surface area contributed by atoms with E-state index in [1.54, 1.807) is 36.4 Å². The van der Waals surface area contributed by atoms with Gasteiger partial charge in [0.1, 0.15) is 0 Å². The zero-order chi connectivity index (χ0) is 16.0. The van der Waals surface area contributed by atoms with E-state index in [1.165, 1.54) is 0 Å². The van der Waals surface area contributed by atoms with E-state index in [9.17, 15) is 9.59 Å². The zero-order valence-corrected chi connectivity index (χ0v) is 12.8. The first-order valence-corrected chi connectivity index (χ1v) is 7.65. The summed E-state index contributed by atoms with van der Waals surface area (Å²) in [6.07, 6.45) is 0. The van der Waals surface area contributed by atoms with Gasteiger partial charge >= 0.3 is 0 Å². The van der Waals surface area contributed by atoms with Crippen molar-refractivity contribution in [2.45, 2.75) is 6.04 Å². The highest BCUT2D eigenvalue weighted by atomic mass is 35.5. The molecule has 0 aliphatic heterocycles. The van der Waals surface area contributed by atoms with Gasteiger partial charge in [0.25, 0.3) is 0 Å². The van der Waals surface area contributed by atoms with Crippen molar-refractivity contribution in [2.75, 3.05) is 5.32 Å². The molecule has 0 bridgehead atoms. The molecule has 0 saturated heterocycles. The van der Waals surface area contributed by atoms with E-state index in [0.717, 1.165) is 10.8 Å². The van der Waals surface area contributed by atoms with Crippen molar-refractivity contribution >= 4 is 39.6 Å². The Morgan fingerprint density at radius 1 is 0.826 bits per heavy atom. The van der Waals surface area contributed by atoms with E-state index < -0.39 is 6.04 Å². The summed E-state index contributed by atoms with van der Waals surface area (Å²) in [6, 6.07) is 17.1. The van der Waals surface area contributed by atoms with Gasteiger partial charge in [0, 0.05) is 27.2 Å². The van der Waals surface area contributed by atoms with Gasteiger partial charge in [0.2, 0.25) is 0 Å². The Kier molecular flexibility index (Phi) is 3.17. The number of anilines is 1. The van der Waals surface area contributed by atoms with Crippen LogP contribution in [-0.4, -0.2) is 17.6 Å². The topological polar surface area (TPSA) is 46.2 Å². The summed E-state index contributed by atoms with van der Waals surface area (Å²) in [4.78, 5) is 25.6. The van der Waals surface area contributed by atoms with Gasteiger partial charge < -0.3 is 5.32 Å². The standard InChI is InChI=1S/C19H12ClNO2/c20-12-6-3-7-13(10-12)21-17-18(22)14-8-1-4-11-5-2-9-15(16(11)14)19(17)23/h1-10,17,21H. The molecule has 4 rings (SSSR count). The van der Waals surface area contributed by atoms with Gasteiger partial charge in [0.05, 0.1) is 0 Å². The average molecular weight is 322 g/mol. The number of nitrogens with one attached hydrogen (secondary N) is 1. The van der Waals surface area contributed by atoms with Gasteiger partial charge in [-0.25, -0.2) is 0 Å². The van der Waals surface area contributed by atoms with E-state index in [2.05, 4.69) is 5.32 Å². The summed E-state index contributed by atoms with van der Waals surface area (Å²) < 4.78 is 0. The molecule has 0 spiro atoms. The van der Waals surface area contributed by atoms with Crippen molar-refractivity contribution in [3.63, 3.8) is 0 Å². The third-order valence-electron chi connectivity index (χ3n) is 4.10. The van der Waals surface area contributed by atoms with Crippen LogP contribution >= 0.6 is 11.6 Å². The van der Waals surface area contributed by atoms with Crippen LogP contribution in [-0.2, 0) is 0 Å². The first kappa shape index (κ1) is 14.0. The van der Waals surface area contributed by atoms with E-state index in [0.29, 0.717) is 21.8 Å². The van der Waals surface area contributed by atoms with E-state index in [-0.39, 0.29) is 11.6 Å². The van der Waals surface area contributed by atoms with Gasteiger partial charge in [-0.05, 0) is 23.6 Å². The maximum atomic E-state index is 12.8. The minimum absolute atomic E-state index is 0.209. The van der Waals surface area contributed by atoms with E-state index in [4.69, 9.17) is 11.6 Å². The summed E-state index contributed by atoms with van der Waals surface area (Å²) >= 11 is 5.97. The van der Waals surface area contributed by atoms with Crippen molar-refractivity contribution in [2.24, 2.45) is 0 Å². The third kappa shape index (κ3) is 2.21. The number of hydrogen-bond donors (Lipinski definition) is 1. The Bertz CT molecular complexity index is 914. The fraction of sp³-hybridized carbons (Fsp3) is 0.0526. The summed E-state index contributed by atoms with van der Waals surface area (Å²) in [7, 11) is 0. The molecule has 0 heterocycles. The van der Waals surface area contributed by atoms with Crippen LogP contribution in [0.4, 0.5) is 5.69 Å². The Balaban J connectivity index is 1.83. The quantitative estimate of drug-likeness (QED) is 0.714. The Hall–Kier alpha value is -2.65. The smallest absolute Gasteiger partial charge is 0.193 e. The molecular formula is C19H12ClNO2. The molecule has 0 saturated carbocycles. The predicted molar refractivity (Wildman–Crippen MR) is 91.5 cm³/mol. The van der Waals surface area contributed by atoms with E-state index in [1.807, 2.05) is 24.3 Å². The van der Waals surface area contributed by atoms with Crippen LogP contribution in [0.3, 0.4) is 0 Å². The lowest BCUT2D eigenvalue weighted by Crippen LogP contribution is -2.40. The van der Waals surface area contributed by atoms with Crippen molar-refractivity contribution < 1.29 is 9.59 Å². The lowest BCUT2D eigenvalue weighted by Gasteiger charge is -2.24. The third-order valence-corrected chi connectivity index (χ3v) is 4.33. The molecule has 0 aromatic heterocycles. The molecule has 23 heavy (non-hydrogen) atoms. The second-order valence-electron chi connectivity index (χ2n) is 5.53. The lowest BCUT2D eigenvalue weighted by molar-refractivity contribution is 0.0870. The van der Waals surface area contributed by atoms with Crippen LogP contribution in [0.1, 0.15) is 20.7 Å². The molecule has 0 fully saturated rings. The maximum Gasteiger partial charge on any atom is 0.193 e. The van der Waals surface area contributed by atoms with Gasteiger partial charge in [-0.15, -0.1) is 0 Å². The van der Waals surface area contributed by atoms with Gasteiger partial charge in [-0.2, -0.15) is 0 Å². The molecule has 0 atom stereocenters. The molecule has 3 aromatic rings. The van der Waals surface area contributed by atoms with Crippen LogP contribution in [0.15, 0.2) is 60.7 Å².